The van der Waals surface area contributed by atoms with E-state index in [9.17, 15) is 0 Å². The maximum atomic E-state index is 5.77. The minimum atomic E-state index is -0.238. The Bertz CT molecular complexity index is 1140. The second kappa shape index (κ2) is 9.50. The van der Waals surface area contributed by atoms with E-state index in [0.29, 0.717) is 30.0 Å². The highest BCUT2D eigenvalue weighted by Crippen LogP contribution is 2.37. The fourth-order valence-electron chi connectivity index (χ4n) is 3.79. The minimum absolute atomic E-state index is 0.238. The molecule has 2 heterocycles. The minimum Gasteiger partial charge on any atom is -0.497 e. The zero-order chi connectivity index (χ0) is 22.7. The van der Waals surface area contributed by atoms with Crippen molar-refractivity contribution in [2.24, 2.45) is 0 Å². The third-order valence-corrected chi connectivity index (χ3v) is 5.84. The average molecular weight is 451 g/mol. The molecule has 166 valence electrons. The summed E-state index contributed by atoms with van der Waals surface area (Å²) in [7, 11) is 3.32. The summed E-state index contributed by atoms with van der Waals surface area (Å²) in [6.45, 7) is 5.21. The molecule has 3 aromatic rings. The average Bonchev–Trinajstić information content (AvgIpc) is 3.28. The van der Waals surface area contributed by atoms with Gasteiger partial charge >= 0.3 is 0 Å². The Kier molecular flexibility index (Phi) is 6.53. The number of thiocarbonyl (C=S) groups is 1. The number of hydrogen-bond donors (Lipinski definition) is 1. The fraction of sp³-hybridized carbons (Fsp3) is 0.292. The van der Waals surface area contributed by atoms with Crippen molar-refractivity contribution in [3.63, 3.8) is 0 Å². The Morgan fingerprint density at radius 2 is 1.91 bits per heavy atom. The number of allylic oxidation sites excluding steroid dienone is 1. The van der Waals surface area contributed by atoms with Crippen molar-refractivity contribution in [3.8, 4) is 17.1 Å². The van der Waals surface area contributed by atoms with E-state index in [1.54, 1.807) is 14.2 Å². The molecule has 1 atom stereocenters. The van der Waals surface area contributed by atoms with Gasteiger partial charge in [-0.2, -0.15) is 4.98 Å². The molecule has 1 aliphatic rings. The standard InChI is InChI=1S/C24H26N4O3S/c1-15-6-5-7-18(14-15)22-26-23(31-27-22)20-16(2)28(12-13-29-3)24(32)25-21(20)17-8-10-19(30-4)11-9-17/h5-11,14,21H,12-13H2,1-4H3,(H,25,32). The highest BCUT2D eigenvalue weighted by molar-refractivity contribution is 7.80. The molecule has 1 N–H and O–H groups in total. The van der Waals surface area contributed by atoms with E-state index in [-0.39, 0.29) is 6.04 Å². The summed E-state index contributed by atoms with van der Waals surface area (Å²) in [4.78, 5) is 6.75. The van der Waals surface area contributed by atoms with Crippen LogP contribution in [0.2, 0.25) is 0 Å². The molecule has 0 fully saturated rings. The second-order valence-corrected chi connectivity index (χ2v) is 7.98. The van der Waals surface area contributed by atoms with Gasteiger partial charge in [0.15, 0.2) is 5.11 Å². The molecule has 0 amide bonds. The number of aromatic nitrogens is 2. The monoisotopic (exact) mass is 450 g/mol. The van der Waals surface area contributed by atoms with Crippen LogP contribution in [-0.4, -0.2) is 47.5 Å². The molecular formula is C24H26N4O3S. The molecule has 1 aliphatic heterocycles. The van der Waals surface area contributed by atoms with Crippen LogP contribution < -0.4 is 10.1 Å². The first kappa shape index (κ1) is 22.0. The summed E-state index contributed by atoms with van der Waals surface area (Å²) in [6, 6.07) is 15.7. The first-order valence-electron chi connectivity index (χ1n) is 10.3. The van der Waals surface area contributed by atoms with Gasteiger partial charge in [-0.3, -0.25) is 0 Å². The summed E-state index contributed by atoms with van der Waals surface area (Å²) in [6.07, 6.45) is 0. The molecule has 8 heteroatoms. The third-order valence-electron chi connectivity index (χ3n) is 5.50. The second-order valence-electron chi connectivity index (χ2n) is 7.59. The van der Waals surface area contributed by atoms with Crippen LogP contribution in [0.4, 0.5) is 0 Å². The van der Waals surface area contributed by atoms with Gasteiger partial charge in [0.25, 0.3) is 5.89 Å². The lowest BCUT2D eigenvalue weighted by Gasteiger charge is -2.37. The van der Waals surface area contributed by atoms with Crippen LogP contribution in [0.25, 0.3) is 17.0 Å². The van der Waals surface area contributed by atoms with Crippen LogP contribution in [0.1, 0.15) is 30.0 Å². The molecule has 0 spiro atoms. The molecule has 1 unspecified atom stereocenters. The summed E-state index contributed by atoms with van der Waals surface area (Å²) in [5.41, 5.74) is 4.90. The Morgan fingerprint density at radius 3 is 2.59 bits per heavy atom. The Labute approximate surface area is 193 Å². The molecule has 7 nitrogen and oxygen atoms in total. The summed E-state index contributed by atoms with van der Waals surface area (Å²) < 4.78 is 16.4. The lowest BCUT2D eigenvalue weighted by Crippen LogP contribution is -2.47. The number of rotatable bonds is 7. The van der Waals surface area contributed by atoms with E-state index in [0.717, 1.165) is 33.7 Å². The molecule has 0 bridgehead atoms. The van der Waals surface area contributed by atoms with Gasteiger partial charge in [-0.15, -0.1) is 0 Å². The third kappa shape index (κ3) is 4.37. The molecule has 0 radical (unpaired) electrons. The van der Waals surface area contributed by atoms with Gasteiger partial charge in [-0.1, -0.05) is 41.1 Å². The SMILES string of the molecule is COCCN1C(=S)NC(c2ccc(OC)cc2)C(c2nc(-c3cccc(C)c3)no2)=C1C. The molecule has 4 rings (SSSR count). The van der Waals surface area contributed by atoms with E-state index < -0.39 is 0 Å². The lowest BCUT2D eigenvalue weighted by molar-refractivity contribution is 0.183. The predicted molar refractivity (Wildman–Crippen MR) is 127 cm³/mol. The van der Waals surface area contributed by atoms with Gasteiger partial charge in [0.05, 0.1) is 25.3 Å². The first-order chi connectivity index (χ1) is 15.5. The van der Waals surface area contributed by atoms with Crippen LogP contribution in [0.5, 0.6) is 5.75 Å². The van der Waals surface area contributed by atoms with E-state index >= 15 is 0 Å². The predicted octanol–water partition coefficient (Wildman–Crippen LogP) is 4.36. The normalized spacial score (nSPS) is 16.3. The van der Waals surface area contributed by atoms with Crippen molar-refractivity contribution in [2.75, 3.05) is 27.4 Å². The lowest BCUT2D eigenvalue weighted by atomic mass is 9.94. The van der Waals surface area contributed by atoms with Crippen LogP contribution in [0, 0.1) is 6.92 Å². The van der Waals surface area contributed by atoms with Gasteiger partial charge in [0.2, 0.25) is 5.82 Å². The summed E-state index contributed by atoms with van der Waals surface area (Å²) in [5.74, 6) is 1.79. The first-order valence-corrected chi connectivity index (χ1v) is 10.8. The molecule has 0 saturated carbocycles. The fourth-order valence-corrected chi connectivity index (χ4v) is 4.14. The molecule has 1 aromatic heterocycles. The molecule has 0 saturated heterocycles. The number of methoxy groups -OCH3 is 2. The zero-order valence-electron chi connectivity index (χ0n) is 18.6. The van der Waals surface area contributed by atoms with Crippen molar-refractivity contribution < 1.29 is 14.0 Å². The maximum Gasteiger partial charge on any atom is 0.258 e. The van der Waals surface area contributed by atoms with Crippen molar-refractivity contribution in [1.82, 2.24) is 20.4 Å². The topological polar surface area (TPSA) is 72.7 Å². The largest absolute Gasteiger partial charge is 0.497 e. The summed E-state index contributed by atoms with van der Waals surface area (Å²) in [5, 5.41) is 8.32. The van der Waals surface area contributed by atoms with Gasteiger partial charge < -0.3 is 24.2 Å². The quantitative estimate of drug-likeness (QED) is 0.532. The van der Waals surface area contributed by atoms with Crippen LogP contribution in [0.3, 0.4) is 0 Å². The molecule has 32 heavy (non-hydrogen) atoms. The van der Waals surface area contributed by atoms with Crippen molar-refractivity contribution >= 4 is 22.9 Å². The van der Waals surface area contributed by atoms with Crippen molar-refractivity contribution in [3.05, 3.63) is 71.2 Å². The zero-order valence-corrected chi connectivity index (χ0v) is 19.4. The number of ether oxygens (including phenoxy) is 2. The summed E-state index contributed by atoms with van der Waals surface area (Å²) >= 11 is 5.68. The van der Waals surface area contributed by atoms with Crippen LogP contribution in [-0.2, 0) is 4.74 Å². The van der Waals surface area contributed by atoms with E-state index in [1.807, 2.05) is 67.3 Å². The molecular weight excluding hydrogens is 424 g/mol. The van der Waals surface area contributed by atoms with Gasteiger partial charge in [-0.25, -0.2) is 0 Å². The van der Waals surface area contributed by atoms with E-state index in [2.05, 4.69) is 10.5 Å². The van der Waals surface area contributed by atoms with Crippen LogP contribution in [0.15, 0.2) is 58.8 Å². The Hall–Kier alpha value is -3.23. The maximum absolute atomic E-state index is 5.77. The van der Waals surface area contributed by atoms with Crippen molar-refractivity contribution in [1.29, 1.82) is 0 Å². The van der Waals surface area contributed by atoms with E-state index in [4.69, 9.17) is 31.2 Å². The highest BCUT2D eigenvalue weighted by Gasteiger charge is 2.34. The number of aryl methyl sites for hydroxylation is 1. The van der Waals surface area contributed by atoms with Gasteiger partial charge in [0.1, 0.15) is 5.75 Å². The molecule has 2 aromatic carbocycles. The number of hydrogen-bond acceptors (Lipinski definition) is 6. The number of nitrogens with zero attached hydrogens (tertiary/aromatic N) is 3. The van der Waals surface area contributed by atoms with Crippen LogP contribution >= 0.6 is 12.2 Å². The highest BCUT2D eigenvalue weighted by atomic mass is 32.1. The number of benzene rings is 2. The van der Waals surface area contributed by atoms with Crippen molar-refractivity contribution in [2.45, 2.75) is 19.9 Å². The smallest absolute Gasteiger partial charge is 0.258 e. The Morgan fingerprint density at radius 1 is 1.12 bits per heavy atom. The van der Waals surface area contributed by atoms with E-state index in [1.165, 1.54) is 0 Å². The molecule has 0 aliphatic carbocycles. The van der Waals surface area contributed by atoms with Gasteiger partial charge in [-0.05, 0) is 49.8 Å². The Balaban J connectivity index is 1.79. The number of nitrogens with one attached hydrogen (secondary N) is 1. The van der Waals surface area contributed by atoms with Gasteiger partial charge in [0, 0.05) is 24.9 Å².